The number of ether oxygens (including phenoxy) is 1. The zero-order chi connectivity index (χ0) is 21.5. The molecule has 10 heteroatoms. The van der Waals surface area contributed by atoms with Crippen LogP contribution in [-0.2, 0) is 0 Å². The van der Waals surface area contributed by atoms with Crippen molar-refractivity contribution >= 4 is 34.9 Å². The molecule has 8 nitrogen and oxygen atoms in total. The van der Waals surface area contributed by atoms with Gasteiger partial charge in [0.15, 0.2) is 5.69 Å². The molecule has 3 aromatic rings. The minimum atomic E-state index is -1.15. The molecular weight excluding hydrogens is 440 g/mol. The van der Waals surface area contributed by atoms with Gasteiger partial charge in [0.25, 0.3) is 0 Å². The van der Waals surface area contributed by atoms with E-state index in [0.717, 1.165) is 33.8 Å². The van der Waals surface area contributed by atoms with Crippen LogP contribution in [-0.4, -0.2) is 56.0 Å². The summed E-state index contributed by atoms with van der Waals surface area (Å²) in [5.74, 6) is 0.332. The predicted octanol–water partition coefficient (Wildman–Crippen LogP) is 4.12. The molecular formula is C21H19ClN4O4S. The maximum absolute atomic E-state index is 12.7. The van der Waals surface area contributed by atoms with Crippen LogP contribution in [0.5, 0.6) is 5.75 Å². The minimum absolute atomic E-state index is 0.0842. The molecule has 2 aromatic heterocycles. The maximum Gasteiger partial charge on any atom is 0.356 e. The third kappa shape index (κ3) is 3.90. The Labute approximate surface area is 187 Å². The van der Waals surface area contributed by atoms with Gasteiger partial charge in [-0.25, -0.2) is 14.6 Å². The molecule has 1 saturated carbocycles. The predicted molar refractivity (Wildman–Crippen MR) is 115 cm³/mol. The highest BCUT2D eigenvalue weighted by Gasteiger charge is 2.43. The summed E-state index contributed by atoms with van der Waals surface area (Å²) in [4.78, 5) is 29.7. The van der Waals surface area contributed by atoms with Crippen LogP contribution in [0.2, 0.25) is 5.02 Å². The summed E-state index contributed by atoms with van der Waals surface area (Å²) in [6.45, 7) is 1.24. The van der Waals surface area contributed by atoms with Crippen molar-refractivity contribution in [3.8, 4) is 16.3 Å². The monoisotopic (exact) mass is 458 g/mol. The third-order valence-electron chi connectivity index (χ3n) is 5.89. The number of carboxylic acids is 1. The van der Waals surface area contributed by atoms with E-state index in [0.29, 0.717) is 29.9 Å². The first-order valence-corrected chi connectivity index (χ1v) is 11.2. The van der Waals surface area contributed by atoms with Crippen LogP contribution in [0.25, 0.3) is 10.6 Å². The van der Waals surface area contributed by atoms with Crippen molar-refractivity contribution in [3.05, 3.63) is 52.8 Å². The number of aromatic nitrogens is 3. The smallest absolute Gasteiger partial charge is 0.356 e. The minimum Gasteiger partial charge on any atom is -0.490 e. The first-order chi connectivity index (χ1) is 15.0. The fraction of sp³-hybridized carbons (Fsp3) is 0.333. The Kier molecular flexibility index (Phi) is 5.15. The van der Waals surface area contributed by atoms with Gasteiger partial charge in [-0.2, -0.15) is 9.78 Å². The molecule has 0 radical (unpaired) electrons. The van der Waals surface area contributed by atoms with Crippen molar-refractivity contribution in [2.45, 2.75) is 18.9 Å². The molecule has 2 unspecified atom stereocenters. The lowest BCUT2D eigenvalue weighted by Crippen LogP contribution is -2.34. The second-order valence-electron chi connectivity index (χ2n) is 7.85. The van der Waals surface area contributed by atoms with Gasteiger partial charge in [0.05, 0.1) is 11.1 Å². The van der Waals surface area contributed by atoms with Crippen LogP contribution in [0.1, 0.15) is 23.3 Å². The van der Waals surface area contributed by atoms with Crippen LogP contribution in [0.3, 0.4) is 0 Å². The number of likely N-dealkylation sites (tertiary alicyclic amines) is 1. The molecule has 1 amide bonds. The second kappa shape index (κ2) is 7.97. The van der Waals surface area contributed by atoms with E-state index in [-0.39, 0.29) is 17.8 Å². The Morgan fingerprint density at radius 1 is 1.19 bits per heavy atom. The highest BCUT2D eigenvalue weighted by molar-refractivity contribution is 7.13. The van der Waals surface area contributed by atoms with Crippen LogP contribution >= 0.6 is 22.9 Å². The molecule has 160 valence electrons. The number of aromatic carboxylic acids is 1. The number of halogens is 1. The number of amides is 1. The third-order valence-corrected chi connectivity index (χ3v) is 7.02. The Balaban J connectivity index is 1.21. The van der Waals surface area contributed by atoms with E-state index in [9.17, 15) is 9.59 Å². The summed E-state index contributed by atoms with van der Waals surface area (Å²) >= 11 is 7.86. The second-order valence-corrected chi connectivity index (χ2v) is 9.15. The van der Waals surface area contributed by atoms with E-state index < -0.39 is 5.97 Å². The van der Waals surface area contributed by atoms with E-state index in [4.69, 9.17) is 21.4 Å². The van der Waals surface area contributed by atoms with Crippen molar-refractivity contribution in [2.75, 3.05) is 13.1 Å². The van der Waals surface area contributed by atoms with Crippen molar-refractivity contribution in [2.24, 2.45) is 11.8 Å². The summed E-state index contributed by atoms with van der Waals surface area (Å²) in [5, 5.41) is 16.2. The number of hydrogen-bond acceptors (Lipinski definition) is 6. The molecule has 5 rings (SSSR count). The van der Waals surface area contributed by atoms with E-state index in [2.05, 4.69) is 10.1 Å². The lowest BCUT2D eigenvalue weighted by atomic mass is 10.0. The molecule has 1 aromatic carbocycles. The molecule has 2 atom stereocenters. The van der Waals surface area contributed by atoms with Gasteiger partial charge in [0.2, 0.25) is 0 Å². The number of carboxylic acid groups (broad SMARTS) is 1. The van der Waals surface area contributed by atoms with Gasteiger partial charge in [-0.1, -0.05) is 11.6 Å². The van der Waals surface area contributed by atoms with Gasteiger partial charge in [-0.15, -0.1) is 11.3 Å². The Bertz CT molecular complexity index is 1120. The fourth-order valence-corrected chi connectivity index (χ4v) is 5.41. The number of thiazole rings is 1. The quantitative estimate of drug-likeness (QED) is 0.631. The zero-order valence-corrected chi connectivity index (χ0v) is 17.9. The Morgan fingerprint density at radius 3 is 2.61 bits per heavy atom. The van der Waals surface area contributed by atoms with Gasteiger partial charge in [-0.05, 0) is 48.9 Å². The normalized spacial score (nSPS) is 22.5. The van der Waals surface area contributed by atoms with E-state index in [1.165, 1.54) is 23.6 Å². The Morgan fingerprint density at radius 2 is 1.97 bits per heavy atom. The lowest BCUT2D eigenvalue weighted by molar-refractivity contribution is 0.0690. The summed E-state index contributed by atoms with van der Waals surface area (Å²) in [7, 11) is 0. The van der Waals surface area contributed by atoms with E-state index in [1.54, 1.807) is 11.1 Å². The molecule has 1 N–H and O–H groups in total. The molecule has 3 heterocycles. The topological polar surface area (TPSA) is 97.5 Å². The number of rotatable bonds is 4. The standard InChI is InChI=1S/C21H19ClN4O4S/c22-17-2-1-14(9-16(17)19-23-4-6-31-19)30-15-7-12-10-25(11-13(12)8-15)21(29)26-5-3-18(24-26)20(27)28/h1-6,9,12-13,15H,7-8,10-11H2,(H,27,28). The average molecular weight is 459 g/mol. The SMILES string of the molecule is O=C(O)c1ccn(C(=O)N2CC3CC(Oc4ccc(Cl)c(-c5nccs5)c4)CC3C2)n1. The molecule has 1 saturated heterocycles. The molecule has 0 spiro atoms. The molecule has 2 aliphatic rings. The number of nitrogens with zero attached hydrogens (tertiary/aromatic N) is 4. The van der Waals surface area contributed by atoms with Crippen LogP contribution in [0.15, 0.2) is 42.0 Å². The Hall–Kier alpha value is -2.91. The van der Waals surface area contributed by atoms with Gasteiger partial charge in [-0.3, -0.25) is 0 Å². The summed E-state index contributed by atoms with van der Waals surface area (Å²) in [6, 6.07) is 6.68. The average Bonchev–Trinajstić information content (AvgIpc) is 3.52. The first kappa shape index (κ1) is 20.0. The number of benzene rings is 1. The number of carbonyl (C=O) groups is 2. The zero-order valence-electron chi connectivity index (χ0n) is 16.3. The van der Waals surface area contributed by atoms with Crippen LogP contribution < -0.4 is 4.74 Å². The van der Waals surface area contributed by atoms with Crippen molar-refractivity contribution in [1.82, 2.24) is 19.7 Å². The van der Waals surface area contributed by atoms with Crippen molar-refractivity contribution < 1.29 is 19.4 Å². The highest BCUT2D eigenvalue weighted by Crippen LogP contribution is 2.41. The van der Waals surface area contributed by atoms with Gasteiger partial charge < -0.3 is 14.7 Å². The maximum atomic E-state index is 12.7. The molecule has 31 heavy (non-hydrogen) atoms. The first-order valence-electron chi connectivity index (χ1n) is 9.92. The largest absolute Gasteiger partial charge is 0.490 e. The fourth-order valence-electron chi connectivity index (χ4n) is 4.48. The van der Waals surface area contributed by atoms with E-state index in [1.807, 2.05) is 23.6 Å². The number of fused-ring (bicyclic) bond motifs is 1. The molecule has 1 aliphatic heterocycles. The lowest BCUT2D eigenvalue weighted by Gasteiger charge is -2.20. The van der Waals surface area contributed by atoms with Crippen molar-refractivity contribution in [1.29, 1.82) is 0 Å². The number of hydrogen-bond donors (Lipinski definition) is 1. The van der Waals surface area contributed by atoms with Gasteiger partial charge >= 0.3 is 12.0 Å². The van der Waals surface area contributed by atoms with E-state index >= 15 is 0 Å². The van der Waals surface area contributed by atoms with Crippen LogP contribution in [0, 0.1) is 11.8 Å². The van der Waals surface area contributed by atoms with Crippen LogP contribution in [0.4, 0.5) is 4.79 Å². The molecule has 0 bridgehead atoms. The summed E-state index contributed by atoms with van der Waals surface area (Å²) < 4.78 is 7.35. The van der Waals surface area contributed by atoms with Gasteiger partial charge in [0, 0.05) is 36.4 Å². The molecule has 2 fully saturated rings. The summed E-state index contributed by atoms with van der Waals surface area (Å²) in [5.41, 5.74) is 0.727. The van der Waals surface area contributed by atoms with Gasteiger partial charge in [0.1, 0.15) is 10.8 Å². The molecule has 1 aliphatic carbocycles. The number of carbonyl (C=O) groups excluding carboxylic acids is 1. The summed E-state index contributed by atoms with van der Waals surface area (Å²) in [6.07, 6.45) is 4.96. The van der Waals surface area contributed by atoms with Crippen molar-refractivity contribution in [3.63, 3.8) is 0 Å². The highest BCUT2D eigenvalue weighted by atomic mass is 35.5.